The third kappa shape index (κ3) is 5.69. The minimum Gasteiger partial charge on any atom is -0.357 e. The molecule has 2 aromatic rings. The van der Waals surface area contributed by atoms with Gasteiger partial charge in [-0.3, -0.25) is 4.90 Å². The predicted octanol–water partition coefficient (Wildman–Crippen LogP) is 3.25. The van der Waals surface area contributed by atoms with E-state index in [1.165, 1.54) is 18.4 Å². The molecule has 29 heavy (non-hydrogen) atoms. The number of aryl methyl sites for hydroxylation is 1. The summed E-state index contributed by atoms with van der Waals surface area (Å²) in [5, 5.41) is 10.9. The zero-order chi connectivity index (χ0) is 19.3. The molecule has 2 atom stereocenters. The maximum atomic E-state index is 5.03. The number of aliphatic imine (C=N–C) groups is 1. The van der Waals surface area contributed by atoms with Crippen LogP contribution in [0.15, 0.2) is 39.8 Å². The first-order chi connectivity index (χ1) is 13.7. The zero-order valence-electron chi connectivity index (χ0n) is 17.2. The van der Waals surface area contributed by atoms with Gasteiger partial charge in [-0.1, -0.05) is 35.5 Å². The molecular formula is C21H31IN6O. The van der Waals surface area contributed by atoms with Crippen molar-refractivity contribution >= 4 is 29.9 Å². The van der Waals surface area contributed by atoms with Gasteiger partial charge in [-0.25, -0.2) is 4.99 Å². The van der Waals surface area contributed by atoms with E-state index in [-0.39, 0.29) is 24.0 Å². The summed E-state index contributed by atoms with van der Waals surface area (Å²) < 4.78 is 5.03. The van der Waals surface area contributed by atoms with Gasteiger partial charge in [0, 0.05) is 38.1 Å². The van der Waals surface area contributed by atoms with Crippen molar-refractivity contribution in [2.24, 2.45) is 4.99 Å². The van der Waals surface area contributed by atoms with Crippen LogP contribution in [0.25, 0.3) is 0 Å². The number of guanidine groups is 1. The van der Waals surface area contributed by atoms with Gasteiger partial charge in [-0.2, -0.15) is 4.98 Å². The number of fused-ring (bicyclic) bond motifs is 2. The van der Waals surface area contributed by atoms with Gasteiger partial charge in [0.1, 0.15) is 6.54 Å². The number of nitrogens with zero attached hydrogens (tertiary/aromatic N) is 4. The lowest BCUT2D eigenvalue weighted by Crippen LogP contribution is -2.52. The molecule has 3 heterocycles. The van der Waals surface area contributed by atoms with Crippen LogP contribution in [0, 0.1) is 6.92 Å². The van der Waals surface area contributed by atoms with Crippen LogP contribution < -0.4 is 10.6 Å². The Balaban J connectivity index is 0.00000240. The normalized spacial score (nSPS) is 24.2. The van der Waals surface area contributed by atoms with Crippen molar-refractivity contribution in [1.29, 1.82) is 0 Å². The molecular weight excluding hydrogens is 479 g/mol. The van der Waals surface area contributed by atoms with E-state index in [9.17, 15) is 0 Å². The molecule has 158 valence electrons. The largest absolute Gasteiger partial charge is 0.357 e. The van der Waals surface area contributed by atoms with E-state index in [0.717, 1.165) is 31.9 Å². The van der Waals surface area contributed by atoms with E-state index in [1.807, 2.05) is 0 Å². The topological polar surface area (TPSA) is 78.6 Å². The zero-order valence-corrected chi connectivity index (χ0v) is 19.5. The Labute approximate surface area is 189 Å². The quantitative estimate of drug-likeness (QED) is 0.353. The summed E-state index contributed by atoms with van der Waals surface area (Å²) in [4.78, 5) is 11.6. The lowest BCUT2D eigenvalue weighted by atomic mass is 9.96. The summed E-state index contributed by atoms with van der Waals surface area (Å²) in [6.45, 7) is 6.20. The van der Waals surface area contributed by atoms with Crippen LogP contribution in [0.3, 0.4) is 0 Å². The van der Waals surface area contributed by atoms with Crippen LogP contribution in [0.2, 0.25) is 0 Å². The van der Waals surface area contributed by atoms with Gasteiger partial charge in [0.05, 0.1) is 0 Å². The molecule has 2 bridgehead atoms. The van der Waals surface area contributed by atoms with Gasteiger partial charge in [-0.15, -0.1) is 24.0 Å². The van der Waals surface area contributed by atoms with Gasteiger partial charge in [0.25, 0.3) is 0 Å². The van der Waals surface area contributed by atoms with Crippen molar-refractivity contribution in [2.45, 2.75) is 70.7 Å². The van der Waals surface area contributed by atoms with Crippen LogP contribution in [-0.2, 0) is 13.1 Å². The Hall–Kier alpha value is -1.68. The second-order valence-electron chi connectivity index (χ2n) is 7.78. The Bertz CT molecular complexity index is 781. The number of benzene rings is 1. The van der Waals surface area contributed by atoms with Crippen LogP contribution >= 0.6 is 24.0 Å². The number of hydrogen-bond acceptors (Lipinski definition) is 5. The van der Waals surface area contributed by atoms with Crippen molar-refractivity contribution < 1.29 is 4.52 Å². The lowest BCUT2D eigenvalue weighted by Gasteiger charge is -2.39. The highest BCUT2D eigenvalue weighted by atomic mass is 127. The van der Waals surface area contributed by atoms with Crippen LogP contribution in [0.1, 0.15) is 49.9 Å². The highest BCUT2D eigenvalue weighted by Crippen LogP contribution is 2.36. The van der Waals surface area contributed by atoms with Crippen molar-refractivity contribution in [2.75, 3.05) is 6.54 Å². The molecule has 7 nitrogen and oxygen atoms in total. The average Bonchev–Trinajstić information content (AvgIpc) is 3.20. The average molecular weight is 510 g/mol. The van der Waals surface area contributed by atoms with E-state index in [2.05, 4.69) is 67.9 Å². The minimum absolute atomic E-state index is 0. The summed E-state index contributed by atoms with van der Waals surface area (Å²) in [5.41, 5.74) is 1.41. The highest BCUT2D eigenvalue weighted by molar-refractivity contribution is 14.0. The Morgan fingerprint density at radius 3 is 2.55 bits per heavy atom. The molecule has 0 spiro atoms. The molecule has 1 aromatic carbocycles. The van der Waals surface area contributed by atoms with Crippen molar-refractivity contribution in [3.63, 3.8) is 0 Å². The summed E-state index contributed by atoms with van der Waals surface area (Å²) in [6, 6.07) is 12.6. The molecule has 2 unspecified atom stereocenters. The predicted molar refractivity (Wildman–Crippen MR) is 124 cm³/mol. The van der Waals surface area contributed by atoms with Gasteiger partial charge in [0.15, 0.2) is 11.8 Å². The third-order valence-electron chi connectivity index (χ3n) is 5.73. The second kappa shape index (κ2) is 10.4. The van der Waals surface area contributed by atoms with Gasteiger partial charge < -0.3 is 15.2 Å². The standard InChI is InChI=1S/C21H30N6O.HI/c1-3-22-21(23-13-20-24-15(2)28-26-20)25-17-11-18-9-10-19(12-17)27(18)14-16-7-5-4-6-8-16;/h4-8,17-19H,3,9-14H2,1-2H3,(H2,22,23,25);1H. The fourth-order valence-corrected chi connectivity index (χ4v) is 4.51. The summed E-state index contributed by atoms with van der Waals surface area (Å²) in [6.07, 6.45) is 4.92. The molecule has 0 saturated carbocycles. The van der Waals surface area contributed by atoms with Gasteiger partial charge >= 0.3 is 0 Å². The monoisotopic (exact) mass is 510 g/mol. The third-order valence-corrected chi connectivity index (χ3v) is 5.73. The fraction of sp³-hybridized carbons (Fsp3) is 0.571. The maximum Gasteiger partial charge on any atom is 0.223 e. The molecule has 0 amide bonds. The Kier molecular flexibility index (Phi) is 7.88. The van der Waals surface area contributed by atoms with Crippen LogP contribution in [0.4, 0.5) is 0 Å². The number of rotatable bonds is 6. The molecule has 4 rings (SSSR count). The number of nitrogens with one attached hydrogen (secondary N) is 2. The van der Waals surface area contributed by atoms with E-state index in [0.29, 0.717) is 36.4 Å². The van der Waals surface area contributed by atoms with E-state index in [4.69, 9.17) is 4.52 Å². The first kappa shape index (κ1) is 22.0. The Morgan fingerprint density at radius 1 is 1.21 bits per heavy atom. The number of halogens is 1. The second-order valence-corrected chi connectivity index (χ2v) is 7.78. The fourth-order valence-electron chi connectivity index (χ4n) is 4.51. The van der Waals surface area contributed by atoms with Crippen molar-refractivity contribution in [1.82, 2.24) is 25.7 Å². The summed E-state index contributed by atoms with van der Waals surface area (Å²) in [5.74, 6) is 2.03. The molecule has 8 heteroatoms. The number of piperidine rings is 1. The molecule has 2 N–H and O–H groups in total. The molecule has 1 aromatic heterocycles. The van der Waals surface area contributed by atoms with Crippen molar-refractivity contribution in [3.05, 3.63) is 47.6 Å². The van der Waals surface area contributed by atoms with Crippen LogP contribution in [0.5, 0.6) is 0 Å². The minimum atomic E-state index is 0. The summed E-state index contributed by atoms with van der Waals surface area (Å²) in [7, 11) is 0. The molecule has 2 aliphatic rings. The molecule has 2 aliphatic heterocycles. The number of hydrogen-bond donors (Lipinski definition) is 2. The van der Waals surface area contributed by atoms with Gasteiger partial charge in [0.2, 0.25) is 5.89 Å². The first-order valence-electron chi connectivity index (χ1n) is 10.3. The molecule has 0 radical (unpaired) electrons. The molecule has 2 saturated heterocycles. The van der Waals surface area contributed by atoms with E-state index in [1.54, 1.807) is 6.92 Å². The van der Waals surface area contributed by atoms with Crippen molar-refractivity contribution in [3.8, 4) is 0 Å². The van der Waals surface area contributed by atoms with Crippen LogP contribution in [-0.4, -0.2) is 45.7 Å². The van der Waals surface area contributed by atoms with E-state index >= 15 is 0 Å². The SMILES string of the molecule is CCNC(=NCc1noc(C)n1)NC1CC2CCC(C1)N2Cc1ccccc1.I. The summed E-state index contributed by atoms with van der Waals surface area (Å²) >= 11 is 0. The molecule has 2 fully saturated rings. The maximum absolute atomic E-state index is 5.03. The molecule has 0 aliphatic carbocycles. The lowest BCUT2D eigenvalue weighted by molar-refractivity contribution is 0.114. The van der Waals surface area contributed by atoms with Gasteiger partial charge in [-0.05, 0) is 38.2 Å². The Morgan fingerprint density at radius 2 is 1.93 bits per heavy atom. The number of aromatic nitrogens is 2. The smallest absolute Gasteiger partial charge is 0.223 e. The van der Waals surface area contributed by atoms with E-state index < -0.39 is 0 Å². The first-order valence-corrected chi connectivity index (χ1v) is 10.3. The highest BCUT2D eigenvalue weighted by Gasteiger charge is 2.40.